The van der Waals surface area contributed by atoms with E-state index in [1.807, 2.05) is 6.07 Å². The lowest BCUT2D eigenvalue weighted by Crippen LogP contribution is -2.49. The second-order valence-corrected chi connectivity index (χ2v) is 7.68. The van der Waals surface area contributed by atoms with Crippen LogP contribution in [0.25, 0.3) is 0 Å². The first kappa shape index (κ1) is 19.6. The number of rotatable bonds is 3. The third-order valence-electron chi connectivity index (χ3n) is 4.22. The number of piperazine rings is 1. The van der Waals surface area contributed by atoms with Gasteiger partial charge in [0, 0.05) is 38.4 Å². The Morgan fingerprint density at radius 2 is 1.69 bits per heavy atom. The van der Waals surface area contributed by atoms with Crippen LogP contribution < -0.4 is 5.32 Å². The van der Waals surface area contributed by atoms with E-state index < -0.39 is 0 Å². The standard InChI is InChI=1S/C18H17Cl3FN3S/c19-14-3-2-13(10-15(14)20)23-18(26)25-7-5-24(6-8-25)11-12-1-4-17(22)16(21)9-12/h1-4,9-10H,5-8,11H2,(H,23,26). The van der Waals surface area contributed by atoms with Crippen LogP contribution in [0.1, 0.15) is 5.56 Å². The van der Waals surface area contributed by atoms with Gasteiger partial charge in [0.05, 0.1) is 15.1 Å². The van der Waals surface area contributed by atoms with E-state index in [1.54, 1.807) is 24.3 Å². The van der Waals surface area contributed by atoms with Gasteiger partial charge in [-0.2, -0.15) is 0 Å². The fourth-order valence-corrected chi connectivity index (χ4v) is 3.58. The summed E-state index contributed by atoms with van der Waals surface area (Å²) in [6, 6.07) is 10.2. The molecule has 0 amide bonds. The lowest BCUT2D eigenvalue weighted by Gasteiger charge is -2.36. The van der Waals surface area contributed by atoms with Gasteiger partial charge in [0.1, 0.15) is 5.82 Å². The summed E-state index contributed by atoms with van der Waals surface area (Å²) < 4.78 is 13.3. The molecule has 0 radical (unpaired) electrons. The van der Waals surface area contributed by atoms with Crippen LogP contribution in [-0.4, -0.2) is 41.1 Å². The Labute approximate surface area is 172 Å². The highest BCUT2D eigenvalue weighted by molar-refractivity contribution is 7.80. The Morgan fingerprint density at radius 1 is 0.962 bits per heavy atom. The van der Waals surface area contributed by atoms with E-state index in [9.17, 15) is 4.39 Å². The molecule has 2 aromatic carbocycles. The van der Waals surface area contributed by atoms with Crippen molar-refractivity contribution in [3.63, 3.8) is 0 Å². The Morgan fingerprint density at radius 3 is 2.35 bits per heavy atom. The van der Waals surface area contributed by atoms with Crippen molar-refractivity contribution in [1.82, 2.24) is 9.80 Å². The molecule has 0 atom stereocenters. The van der Waals surface area contributed by atoms with Crippen LogP contribution in [0.2, 0.25) is 15.1 Å². The molecule has 2 aromatic rings. The Balaban J connectivity index is 1.51. The number of benzene rings is 2. The van der Waals surface area contributed by atoms with Crippen molar-refractivity contribution in [2.75, 3.05) is 31.5 Å². The summed E-state index contributed by atoms with van der Waals surface area (Å²) in [5.74, 6) is -0.390. The zero-order chi connectivity index (χ0) is 18.7. The quantitative estimate of drug-likeness (QED) is 0.663. The van der Waals surface area contributed by atoms with Crippen molar-refractivity contribution in [1.29, 1.82) is 0 Å². The third-order valence-corrected chi connectivity index (χ3v) is 5.61. The van der Waals surface area contributed by atoms with Crippen molar-refractivity contribution in [3.05, 3.63) is 62.8 Å². The summed E-state index contributed by atoms with van der Waals surface area (Å²) in [6.07, 6.45) is 0. The van der Waals surface area contributed by atoms with E-state index in [0.29, 0.717) is 15.2 Å². The summed E-state index contributed by atoms with van der Waals surface area (Å²) in [6.45, 7) is 4.07. The molecule has 0 aromatic heterocycles. The molecule has 0 saturated carbocycles. The number of anilines is 1. The monoisotopic (exact) mass is 431 g/mol. The van der Waals surface area contributed by atoms with Crippen LogP contribution in [-0.2, 0) is 6.54 Å². The smallest absolute Gasteiger partial charge is 0.173 e. The van der Waals surface area contributed by atoms with Crippen molar-refractivity contribution >= 4 is 57.8 Å². The summed E-state index contributed by atoms with van der Waals surface area (Å²) in [5, 5.41) is 5.01. The zero-order valence-electron chi connectivity index (χ0n) is 13.8. The highest BCUT2D eigenvalue weighted by atomic mass is 35.5. The fraction of sp³-hybridized carbons (Fsp3) is 0.278. The second kappa shape index (κ2) is 8.72. The van der Waals surface area contributed by atoms with Crippen LogP contribution in [0.4, 0.5) is 10.1 Å². The zero-order valence-corrected chi connectivity index (χ0v) is 16.9. The minimum atomic E-state index is -0.390. The fourth-order valence-electron chi connectivity index (χ4n) is 2.78. The van der Waals surface area contributed by atoms with E-state index in [-0.39, 0.29) is 10.8 Å². The molecule has 1 saturated heterocycles. The molecule has 0 spiro atoms. The highest BCUT2D eigenvalue weighted by Gasteiger charge is 2.19. The summed E-state index contributed by atoms with van der Waals surface area (Å²) in [4.78, 5) is 4.41. The van der Waals surface area contributed by atoms with E-state index in [0.717, 1.165) is 44.0 Å². The Kier molecular flexibility index (Phi) is 6.59. The second-order valence-electron chi connectivity index (χ2n) is 6.07. The molecule has 138 valence electrons. The Hall–Kier alpha value is -1.11. The molecule has 1 aliphatic rings. The van der Waals surface area contributed by atoms with Crippen LogP contribution in [0.3, 0.4) is 0 Å². The molecule has 26 heavy (non-hydrogen) atoms. The largest absolute Gasteiger partial charge is 0.346 e. The number of hydrogen-bond acceptors (Lipinski definition) is 2. The van der Waals surface area contributed by atoms with Crippen molar-refractivity contribution < 1.29 is 4.39 Å². The minimum Gasteiger partial charge on any atom is -0.346 e. The number of hydrogen-bond donors (Lipinski definition) is 1. The molecule has 0 bridgehead atoms. The first-order chi connectivity index (χ1) is 12.4. The SMILES string of the molecule is Fc1ccc(CN2CCN(C(=S)Nc3ccc(Cl)c(Cl)c3)CC2)cc1Cl. The van der Waals surface area contributed by atoms with Gasteiger partial charge in [0.2, 0.25) is 0 Å². The average molecular weight is 433 g/mol. The number of halogens is 4. The van der Waals surface area contributed by atoms with E-state index in [1.165, 1.54) is 6.07 Å². The minimum absolute atomic E-state index is 0.160. The lowest BCUT2D eigenvalue weighted by atomic mass is 10.2. The van der Waals surface area contributed by atoms with Gasteiger partial charge in [0.25, 0.3) is 0 Å². The first-order valence-electron chi connectivity index (χ1n) is 8.09. The molecule has 8 heteroatoms. The van der Waals surface area contributed by atoms with E-state index in [4.69, 9.17) is 47.0 Å². The van der Waals surface area contributed by atoms with Crippen LogP contribution in [0, 0.1) is 5.82 Å². The van der Waals surface area contributed by atoms with Gasteiger partial charge in [-0.05, 0) is 48.1 Å². The molecule has 3 rings (SSSR count). The van der Waals surface area contributed by atoms with Gasteiger partial charge in [-0.25, -0.2) is 4.39 Å². The number of thiocarbonyl (C=S) groups is 1. The molecule has 0 aliphatic carbocycles. The normalized spacial score (nSPS) is 15.2. The van der Waals surface area contributed by atoms with Gasteiger partial charge >= 0.3 is 0 Å². The number of nitrogens with zero attached hydrogens (tertiary/aromatic N) is 2. The molecular weight excluding hydrogens is 416 g/mol. The van der Waals surface area contributed by atoms with Gasteiger partial charge < -0.3 is 10.2 Å². The van der Waals surface area contributed by atoms with Crippen LogP contribution in [0.5, 0.6) is 0 Å². The predicted octanol–water partition coefficient (Wildman–Crippen LogP) is 5.30. The molecule has 1 N–H and O–H groups in total. The lowest BCUT2D eigenvalue weighted by molar-refractivity contribution is 0.177. The highest BCUT2D eigenvalue weighted by Crippen LogP contribution is 2.25. The Bertz CT molecular complexity index is 810. The molecule has 1 aliphatic heterocycles. The molecule has 1 heterocycles. The van der Waals surface area contributed by atoms with Crippen LogP contribution >= 0.6 is 47.0 Å². The summed E-state index contributed by atoms with van der Waals surface area (Å²) in [5.41, 5.74) is 1.81. The topological polar surface area (TPSA) is 18.5 Å². The predicted molar refractivity (Wildman–Crippen MR) is 111 cm³/mol. The van der Waals surface area contributed by atoms with E-state index >= 15 is 0 Å². The van der Waals surface area contributed by atoms with Crippen molar-refractivity contribution in [2.24, 2.45) is 0 Å². The summed E-state index contributed by atoms with van der Waals surface area (Å²) >= 11 is 23.3. The van der Waals surface area contributed by atoms with Crippen molar-refractivity contribution in [3.8, 4) is 0 Å². The molecule has 1 fully saturated rings. The van der Waals surface area contributed by atoms with Gasteiger partial charge in [-0.3, -0.25) is 4.90 Å². The van der Waals surface area contributed by atoms with Crippen molar-refractivity contribution in [2.45, 2.75) is 6.54 Å². The van der Waals surface area contributed by atoms with E-state index in [2.05, 4.69) is 15.1 Å². The van der Waals surface area contributed by atoms with Gasteiger partial charge in [0.15, 0.2) is 5.11 Å². The van der Waals surface area contributed by atoms with Crippen LogP contribution in [0.15, 0.2) is 36.4 Å². The van der Waals surface area contributed by atoms with Gasteiger partial charge in [-0.1, -0.05) is 40.9 Å². The maximum atomic E-state index is 13.3. The molecule has 3 nitrogen and oxygen atoms in total. The molecule has 0 unspecified atom stereocenters. The maximum Gasteiger partial charge on any atom is 0.173 e. The third kappa shape index (κ3) is 4.99. The summed E-state index contributed by atoms with van der Waals surface area (Å²) in [7, 11) is 0. The van der Waals surface area contributed by atoms with Gasteiger partial charge in [-0.15, -0.1) is 0 Å². The average Bonchev–Trinajstić information content (AvgIpc) is 2.62. The first-order valence-corrected chi connectivity index (χ1v) is 9.64. The number of nitrogens with one attached hydrogen (secondary N) is 1. The maximum absolute atomic E-state index is 13.3. The molecular formula is C18H17Cl3FN3S.